The van der Waals surface area contributed by atoms with E-state index in [0.717, 1.165) is 48.7 Å². The fourth-order valence-corrected chi connectivity index (χ4v) is 3.33. The number of hydrogen-bond donors (Lipinski definition) is 3. The second-order valence-electron chi connectivity index (χ2n) is 5.83. The number of nitrogens with one attached hydrogen (secondary N) is 3. The molecule has 0 saturated carbocycles. The van der Waals surface area contributed by atoms with E-state index in [-0.39, 0.29) is 0 Å². The summed E-state index contributed by atoms with van der Waals surface area (Å²) in [5, 5.41) is 6.99. The zero-order valence-electron chi connectivity index (χ0n) is 13.3. The van der Waals surface area contributed by atoms with Gasteiger partial charge in [0.1, 0.15) is 19.6 Å². The topological polar surface area (TPSA) is 37.7 Å². The zero-order chi connectivity index (χ0) is 16.8. The maximum absolute atomic E-state index is 5.40. The van der Waals surface area contributed by atoms with Crippen molar-refractivity contribution in [2.75, 3.05) is 36.9 Å². The molecule has 0 amide bonds. The first-order valence-electron chi connectivity index (χ1n) is 8.03. The van der Waals surface area contributed by atoms with Crippen molar-refractivity contribution < 1.29 is 9.64 Å². The molecule has 4 nitrogen and oxygen atoms in total. The number of halogens is 1. The number of morpholine rings is 1. The van der Waals surface area contributed by atoms with Crippen LogP contribution in [0.3, 0.4) is 0 Å². The van der Waals surface area contributed by atoms with E-state index in [1.807, 2.05) is 24.3 Å². The summed E-state index contributed by atoms with van der Waals surface area (Å²) in [6, 6.07) is 16.4. The van der Waals surface area contributed by atoms with E-state index >= 15 is 0 Å². The Morgan fingerprint density at radius 2 is 1.75 bits per heavy atom. The highest BCUT2D eigenvalue weighted by Gasteiger charge is 2.13. The maximum atomic E-state index is 5.40. The Balaban J connectivity index is 1.52. The summed E-state index contributed by atoms with van der Waals surface area (Å²) in [6.07, 6.45) is 0. The molecule has 1 fully saturated rings. The monoisotopic (exact) mass is 406 g/mol. The molecule has 0 aliphatic carbocycles. The first kappa shape index (κ1) is 17.4. The quantitative estimate of drug-likeness (QED) is 0.682. The molecule has 126 valence electrons. The minimum Gasteiger partial charge on any atom is -0.370 e. The summed E-state index contributed by atoms with van der Waals surface area (Å²) in [5.41, 5.74) is 3.28. The first-order chi connectivity index (χ1) is 11.7. The van der Waals surface area contributed by atoms with Gasteiger partial charge in [-0.3, -0.25) is 0 Å². The highest BCUT2D eigenvalue weighted by Crippen LogP contribution is 2.16. The maximum Gasteiger partial charge on any atom is 0.175 e. The van der Waals surface area contributed by atoms with Crippen LogP contribution >= 0.6 is 28.1 Å². The molecule has 1 aliphatic rings. The highest BCUT2D eigenvalue weighted by atomic mass is 79.9. The Morgan fingerprint density at radius 3 is 2.46 bits per heavy atom. The SMILES string of the molecule is S=C(Nc1ccc(C[NH+]2CCOCC2)cc1)Nc1cccc(Br)c1. The van der Waals surface area contributed by atoms with Crippen LogP contribution in [0.1, 0.15) is 5.56 Å². The molecule has 1 aliphatic heterocycles. The molecule has 24 heavy (non-hydrogen) atoms. The average Bonchev–Trinajstić information content (AvgIpc) is 2.57. The first-order valence-corrected chi connectivity index (χ1v) is 9.23. The van der Waals surface area contributed by atoms with Crippen molar-refractivity contribution in [1.82, 2.24) is 0 Å². The van der Waals surface area contributed by atoms with Crippen molar-refractivity contribution in [3.8, 4) is 0 Å². The molecule has 1 heterocycles. The molecule has 0 spiro atoms. The van der Waals surface area contributed by atoms with E-state index in [0.29, 0.717) is 5.11 Å². The van der Waals surface area contributed by atoms with E-state index in [1.165, 1.54) is 5.56 Å². The van der Waals surface area contributed by atoms with Crippen molar-refractivity contribution in [2.24, 2.45) is 0 Å². The Hall–Kier alpha value is -1.47. The summed E-state index contributed by atoms with van der Waals surface area (Å²) in [5.74, 6) is 0. The van der Waals surface area contributed by atoms with Gasteiger partial charge in [0.05, 0.1) is 13.2 Å². The summed E-state index contributed by atoms with van der Waals surface area (Å²) >= 11 is 8.82. The van der Waals surface area contributed by atoms with E-state index < -0.39 is 0 Å². The van der Waals surface area contributed by atoms with Crippen molar-refractivity contribution in [2.45, 2.75) is 6.54 Å². The summed E-state index contributed by atoms with van der Waals surface area (Å²) in [7, 11) is 0. The van der Waals surface area contributed by atoms with Gasteiger partial charge in [-0.15, -0.1) is 0 Å². The fraction of sp³-hybridized carbons (Fsp3) is 0.278. The molecule has 0 atom stereocenters. The van der Waals surface area contributed by atoms with E-state index in [4.69, 9.17) is 17.0 Å². The lowest BCUT2D eigenvalue weighted by atomic mass is 10.2. The van der Waals surface area contributed by atoms with E-state index in [9.17, 15) is 0 Å². The zero-order valence-corrected chi connectivity index (χ0v) is 15.8. The van der Waals surface area contributed by atoms with Crippen LogP contribution < -0.4 is 15.5 Å². The van der Waals surface area contributed by atoms with Crippen LogP contribution in [0.15, 0.2) is 53.0 Å². The Labute approximate surface area is 156 Å². The van der Waals surface area contributed by atoms with Gasteiger partial charge in [-0.05, 0) is 42.5 Å². The molecule has 0 bridgehead atoms. The minimum atomic E-state index is 0.583. The molecule has 3 N–H and O–H groups in total. The molecule has 1 saturated heterocycles. The van der Waals surface area contributed by atoms with Gasteiger partial charge in [0.25, 0.3) is 0 Å². The van der Waals surface area contributed by atoms with Crippen LogP contribution in [-0.2, 0) is 11.3 Å². The fourth-order valence-electron chi connectivity index (χ4n) is 2.69. The number of quaternary nitrogens is 1. The molecular formula is C18H21BrN3OS+. The minimum absolute atomic E-state index is 0.583. The molecule has 0 aromatic heterocycles. The molecule has 2 aromatic carbocycles. The average molecular weight is 407 g/mol. The summed E-state index contributed by atoms with van der Waals surface area (Å²) in [4.78, 5) is 1.58. The molecule has 6 heteroatoms. The summed E-state index contributed by atoms with van der Waals surface area (Å²) in [6.45, 7) is 4.95. The van der Waals surface area contributed by atoms with Gasteiger partial charge in [-0.25, -0.2) is 0 Å². The third kappa shape index (κ3) is 5.27. The lowest BCUT2D eigenvalue weighted by Gasteiger charge is -2.23. The van der Waals surface area contributed by atoms with Gasteiger partial charge in [-0.2, -0.15) is 0 Å². The third-order valence-electron chi connectivity index (χ3n) is 3.95. The Bertz CT molecular complexity index is 687. The van der Waals surface area contributed by atoms with Gasteiger partial charge < -0.3 is 20.3 Å². The van der Waals surface area contributed by atoms with Gasteiger partial charge in [0.2, 0.25) is 0 Å². The molecule has 3 rings (SSSR count). The second-order valence-corrected chi connectivity index (χ2v) is 7.15. The van der Waals surface area contributed by atoms with Crippen LogP contribution in [0.4, 0.5) is 11.4 Å². The predicted octanol–water partition coefficient (Wildman–Crippen LogP) is 2.67. The number of rotatable bonds is 4. The van der Waals surface area contributed by atoms with Crippen LogP contribution in [0, 0.1) is 0 Å². The molecule has 0 unspecified atom stereocenters. The van der Waals surface area contributed by atoms with Gasteiger partial charge in [0.15, 0.2) is 5.11 Å². The summed E-state index contributed by atoms with van der Waals surface area (Å²) < 4.78 is 6.42. The van der Waals surface area contributed by atoms with Gasteiger partial charge >= 0.3 is 0 Å². The van der Waals surface area contributed by atoms with Crippen LogP contribution in [0.25, 0.3) is 0 Å². The van der Waals surface area contributed by atoms with Crippen LogP contribution in [-0.4, -0.2) is 31.4 Å². The largest absolute Gasteiger partial charge is 0.370 e. The predicted molar refractivity (Wildman–Crippen MR) is 106 cm³/mol. The van der Waals surface area contributed by atoms with Crippen molar-refractivity contribution in [1.29, 1.82) is 0 Å². The lowest BCUT2D eigenvalue weighted by Crippen LogP contribution is -3.12. The van der Waals surface area contributed by atoms with Crippen LogP contribution in [0.5, 0.6) is 0 Å². The van der Waals surface area contributed by atoms with Crippen LogP contribution in [0.2, 0.25) is 0 Å². The Kier molecular flexibility index (Phi) is 6.20. The second kappa shape index (κ2) is 8.58. The number of ether oxygens (including phenoxy) is 1. The standard InChI is InChI=1S/C18H20BrN3OS/c19-15-2-1-3-17(12-15)21-18(24)20-16-6-4-14(5-7-16)13-22-8-10-23-11-9-22/h1-7,12H,8-11,13H2,(H2,20,21,24)/p+1. The number of thiocarbonyl (C=S) groups is 1. The number of hydrogen-bond acceptors (Lipinski definition) is 2. The molecule has 2 aromatic rings. The van der Waals surface area contributed by atoms with E-state index in [1.54, 1.807) is 4.90 Å². The van der Waals surface area contributed by atoms with E-state index in [2.05, 4.69) is 50.8 Å². The number of benzene rings is 2. The van der Waals surface area contributed by atoms with Gasteiger partial charge in [-0.1, -0.05) is 34.1 Å². The van der Waals surface area contributed by atoms with Crippen molar-refractivity contribution >= 4 is 44.6 Å². The molecular weight excluding hydrogens is 386 g/mol. The smallest absolute Gasteiger partial charge is 0.175 e. The van der Waals surface area contributed by atoms with Gasteiger partial charge in [0, 0.05) is 21.4 Å². The number of anilines is 2. The molecule has 0 radical (unpaired) electrons. The lowest BCUT2D eigenvalue weighted by molar-refractivity contribution is -0.921. The highest BCUT2D eigenvalue weighted by molar-refractivity contribution is 9.10. The Morgan fingerprint density at radius 1 is 1.04 bits per heavy atom. The normalized spacial score (nSPS) is 15.0. The third-order valence-corrected chi connectivity index (χ3v) is 4.65. The van der Waals surface area contributed by atoms with Crippen molar-refractivity contribution in [3.63, 3.8) is 0 Å². The van der Waals surface area contributed by atoms with Crippen molar-refractivity contribution in [3.05, 3.63) is 58.6 Å².